The highest BCUT2D eigenvalue weighted by Gasteiger charge is 2.18. The number of aromatic nitrogens is 2. The van der Waals surface area contributed by atoms with Crippen LogP contribution >= 0.6 is 22.9 Å². The molecule has 3 rings (SSSR count). The normalized spacial score (nSPS) is 12.7. The van der Waals surface area contributed by atoms with Crippen molar-refractivity contribution in [3.8, 4) is 0 Å². The first-order valence-electron chi connectivity index (χ1n) is 6.10. The monoisotopic (exact) mass is 309 g/mol. The van der Waals surface area contributed by atoms with E-state index in [1.54, 1.807) is 6.26 Å². The minimum Gasteiger partial charge on any atom is -0.467 e. The van der Waals surface area contributed by atoms with Gasteiger partial charge < -0.3 is 14.3 Å². The summed E-state index contributed by atoms with van der Waals surface area (Å²) in [5.41, 5.74) is 0. The van der Waals surface area contributed by atoms with Gasteiger partial charge in [0.05, 0.1) is 10.6 Å². The van der Waals surface area contributed by atoms with Crippen molar-refractivity contribution < 1.29 is 8.94 Å². The van der Waals surface area contributed by atoms with Crippen molar-refractivity contribution in [1.29, 1.82) is 0 Å². The van der Waals surface area contributed by atoms with Crippen LogP contribution in [0, 0.1) is 0 Å². The molecule has 0 spiro atoms. The van der Waals surface area contributed by atoms with E-state index in [-0.39, 0.29) is 6.04 Å². The van der Waals surface area contributed by atoms with Gasteiger partial charge in [-0.15, -0.1) is 11.3 Å². The molecule has 104 valence electrons. The summed E-state index contributed by atoms with van der Waals surface area (Å²) in [6, 6.07) is 7.68. The number of thiophene rings is 1. The summed E-state index contributed by atoms with van der Waals surface area (Å²) in [6.07, 6.45) is 3.73. The van der Waals surface area contributed by atoms with Gasteiger partial charge in [-0.05, 0) is 24.3 Å². The van der Waals surface area contributed by atoms with E-state index >= 15 is 0 Å². The summed E-state index contributed by atoms with van der Waals surface area (Å²) in [5, 5.41) is 7.00. The van der Waals surface area contributed by atoms with E-state index < -0.39 is 0 Å². The fraction of sp³-hybridized carbons (Fsp3) is 0.231. The number of rotatable bonds is 6. The number of nitrogens with one attached hydrogen (secondary N) is 1. The lowest BCUT2D eigenvalue weighted by Crippen LogP contribution is -2.23. The van der Waals surface area contributed by atoms with Crippen molar-refractivity contribution in [2.24, 2.45) is 0 Å². The molecule has 0 bridgehead atoms. The molecule has 3 aromatic heterocycles. The smallest absolute Gasteiger partial charge is 0.227 e. The van der Waals surface area contributed by atoms with Gasteiger partial charge in [-0.2, -0.15) is 4.98 Å². The van der Waals surface area contributed by atoms with E-state index in [0.29, 0.717) is 18.9 Å². The highest BCUT2D eigenvalue weighted by Crippen LogP contribution is 2.31. The van der Waals surface area contributed by atoms with Gasteiger partial charge in [0, 0.05) is 17.8 Å². The molecule has 0 radical (unpaired) electrons. The van der Waals surface area contributed by atoms with Crippen LogP contribution in [-0.4, -0.2) is 16.7 Å². The average Bonchev–Trinajstić information content (AvgIpc) is 3.17. The van der Waals surface area contributed by atoms with Gasteiger partial charge in [-0.25, -0.2) is 0 Å². The molecule has 0 aromatic carbocycles. The Balaban J connectivity index is 1.70. The van der Waals surface area contributed by atoms with Crippen molar-refractivity contribution in [1.82, 2.24) is 15.5 Å². The molecule has 3 aromatic rings. The van der Waals surface area contributed by atoms with E-state index in [1.165, 1.54) is 17.7 Å². The van der Waals surface area contributed by atoms with Crippen molar-refractivity contribution in [2.45, 2.75) is 12.5 Å². The van der Waals surface area contributed by atoms with Gasteiger partial charge in [0.2, 0.25) is 5.89 Å². The highest BCUT2D eigenvalue weighted by atomic mass is 35.5. The summed E-state index contributed by atoms with van der Waals surface area (Å²) in [6.45, 7) is 0.697. The molecule has 3 heterocycles. The fourth-order valence-corrected chi connectivity index (χ4v) is 3.05. The maximum Gasteiger partial charge on any atom is 0.227 e. The lowest BCUT2D eigenvalue weighted by atomic mass is 10.2. The van der Waals surface area contributed by atoms with Crippen LogP contribution in [-0.2, 0) is 6.42 Å². The van der Waals surface area contributed by atoms with Gasteiger partial charge >= 0.3 is 0 Å². The molecule has 0 aliphatic rings. The average molecular weight is 310 g/mol. The Morgan fingerprint density at radius 1 is 1.35 bits per heavy atom. The van der Waals surface area contributed by atoms with E-state index in [4.69, 9.17) is 20.5 Å². The molecule has 1 N–H and O–H groups in total. The number of nitrogens with zero attached hydrogens (tertiary/aromatic N) is 2. The molecule has 0 aliphatic carbocycles. The third-order valence-electron chi connectivity index (χ3n) is 2.80. The van der Waals surface area contributed by atoms with Gasteiger partial charge in [0.1, 0.15) is 11.8 Å². The summed E-state index contributed by atoms with van der Waals surface area (Å²) >= 11 is 7.54. The first-order chi connectivity index (χ1) is 9.83. The quantitative estimate of drug-likeness (QED) is 0.757. The van der Waals surface area contributed by atoms with Crippen LogP contribution in [0.4, 0.5) is 0 Å². The highest BCUT2D eigenvalue weighted by molar-refractivity contribution is 7.16. The number of hydrogen-bond acceptors (Lipinski definition) is 6. The fourth-order valence-electron chi connectivity index (χ4n) is 1.91. The Kier molecular flexibility index (Phi) is 4.15. The molecule has 20 heavy (non-hydrogen) atoms. The largest absolute Gasteiger partial charge is 0.467 e. The minimum absolute atomic E-state index is 0.0228. The predicted molar refractivity (Wildman–Crippen MR) is 75.9 cm³/mol. The maximum atomic E-state index is 6.01. The molecular weight excluding hydrogens is 298 g/mol. The zero-order valence-corrected chi connectivity index (χ0v) is 12.0. The van der Waals surface area contributed by atoms with Crippen LogP contribution < -0.4 is 5.32 Å². The van der Waals surface area contributed by atoms with Crippen LogP contribution in [0.3, 0.4) is 0 Å². The first-order valence-corrected chi connectivity index (χ1v) is 7.30. The second-order valence-electron chi connectivity index (χ2n) is 4.13. The molecule has 0 saturated heterocycles. The predicted octanol–water partition coefficient (Wildman–Crippen LogP) is 3.30. The molecule has 0 amide bonds. The maximum absolute atomic E-state index is 6.01. The summed E-state index contributed by atoms with van der Waals surface area (Å²) in [5.74, 6) is 1.47. The Morgan fingerprint density at radius 3 is 2.95 bits per heavy atom. The topological polar surface area (TPSA) is 64.1 Å². The first kappa shape index (κ1) is 13.4. The van der Waals surface area contributed by atoms with E-state index in [1.807, 2.05) is 24.3 Å². The molecular formula is C13H12ClN3O2S. The summed E-state index contributed by atoms with van der Waals surface area (Å²) < 4.78 is 11.2. The second kappa shape index (κ2) is 6.21. The third-order valence-corrected chi connectivity index (χ3v) is 4.10. The van der Waals surface area contributed by atoms with Crippen LogP contribution in [0.1, 0.15) is 22.6 Å². The van der Waals surface area contributed by atoms with Crippen molar-refractivity contribution in [2.75, 3.05) is 6.54 Å². The van der Waals surface area contributed by atoms with Gasteiger partial charge in [-0.3, -0.25) is 0 Å². The third kappa shape index (κ3) is 3.09. The lowest BCUT2D eigenvalue weighted by Gasteiger charge is -2.14. The van der Waals surface area contributed by atoms with Crippen LogP contribution in [0.25, 0.3) is 0 Å². The Bertz CT molecular complexity index is 636. The zero-order chi connectivity index (χ0) is 13.8. The van der Waals surface area contributed by atoms with Crippen LogP contribution in [0.15, 0.2) is 45.8 Å². The Morgan fingerprint density at radius 2 is 2.30 bits per heavy atom. The summed E-state index contributed by atoms with van der Waals surface area (Å²) in [7, 11) is 0. The molecule has 0 fully saturated rings. The number of furan rings is 1. The molecule has 1 unspecified atom stereocenters. The van der Waals surface area contributed by atoms with Crippen molar-refractivity contribution in [3.63, 3.8) is 0 Å². The Labute approximate surface area is 124 Å². The van der Waals surface area contributed by atoms with Crippen molar-refractivity contribution in [3.05, 3.63) is 57.7 Å². The Hall–Kier alpha value is -1.63. The van der Waals surface area contributed by atoms with E-state index in [9.17, 15) is 0 Å². The molecule has 0 saturated carbocycles. The number of hydrogen-bond donors (Lipinski definition) is 1. The molecule has 7 heteroatoms. The van der Waals surface area contributed by atoms with Gasteiger partial charge in [-0.1, -0.05) is 16.8 Å². The standard InChI is InChI=1S/C13H12ClN3O2S/c14-11-4-3-10(20-11)13(9-2-1-7-18-9)15-6-5-12-16-8-17-19-12/h1-4,7-8,13,15H,5-6H2. The molecule has 5 nitrogen and oxygen atoms in total. The van der Waals surface area contributed by atoms with Crippen molar-refractivity contribution >= 4 is 22.9 Å². The van der Waals surface area contributed by atoms with Crippen LogP contribution in [0.2, 0.25) is 4.34 Å². The van der Waals surface area contributed by atoms with E-state index in [2.05, 4.69) is 15.5 Å². The summed E-state index contributed by atoms with van der Waals surface area (Å²) in [4.78, 5) is 5.10. The molecule has 1 atom stereocenters. The van der Waals surface area contributed by atoms with E-state index in [0.717, 1.165) is 15.0 Å². The van der Waals surface area contributed by atoms with Crippen LogP contribution in [0.5, 0.6) is 0 Å². The zero-order valence-electron chi connectivity index (χ0n) is 10.5. The minimum atomic E-state index is -0.0228. The number of halogens is 1. The SMILES string of the molecule is Clc1ccc(C(NCCc2ncno2)c2ccco2)s1. The van der Waals surface area contributed by atoms with Gasteiger partial charge in [0.15, 0.2) is 6.33 Å². The lowest BCUT2D eigenvalue weighted by molar-refractivity contribution is 0.370. The molecule has 0 aliphatic heterocycles. The van der Waals surface area contributed by atoms with Gasteiger partial charge in [0.25, 0.3) is 0 Å². The second-order valence-corrected chi connectivity index (χ2v) is 5.88.